The first-order chi connectivity index (χ1) is 10.7. The van der Waals surface area contributed by atoms with Crippen LogP contribution >= 0.6 is 0 Å². The molecule has 0 aliphatic rings. The molecule has 1 amide bonds. The zero-order valence-electron chi connectivity index (χ0n) is 16.2. The number of aliphatic hydroxyl groups excluding tert-OH is 1. The van der Waals surface area contributed by atoms with Crippen LogP contribution in [0, 0.1) is 11.3 Å². The highest BCUT2D eigenvalue weighted by molar-refractivity contribution is 5.67. The lowest BCUT2D eigenvalue weighted by Crippen LogP contribution is -2.45. The molecule has 0 saturated carbocycles. The maximum absolute atomic E-state index is 11.9. The zero-order valence-corrected chi connectivity index (χ0v) is 16.2. The Hall–Kier alpha value is -0.770. The second kappa shape index (κ2) is 10.9. The first-order valence-corrected chi connectivity index (χ1v) is 9.24. The number of aliphatic hydroxyl groups is 1. The maximum atomic E-state index is 11.9. The van der Waals surface area contributed by atoms with Gasteiger partial charge in [0.2, 0.25) is 0 Å². The van der Waals surface area contributed by atoms with Gasteiger partial charge < -0.3 is 15.2 Å². The summed E-state index contributed by atoms with van der Waals surface area (Å²) in [7, 11) is 0. The molecule has 0 rings (SSSR count). The SMILES string of the molecule is CCCCCCCCC(CO)(CNC(=O)OC(C)(C)C)C(C)C. The van der Waals surface area contributed by atoms with E-state index in [0.717, 1.165) is 12.8 Å². The van der Waals surface area contributed by atoms with Crippen molar-refractivity contribution in [3.63, 3.8) is 0 Å². The van der Waals surface area contributed by atoms with Crippen molar-refractivity contribution in [2.75, 3.05) is 13.2 Å². The number of carbonyl (C=O) groups is 1. The smallest absolute Gasteiger partial charge is 0.407 e. The lowest BCUT2D eigenvalue weighted by atomic mass is 9.73. The molecule has 4 heteroatoms. The van der Waals surface area contributed by atoms with Gasteiger partial charge in [0.1, 0.15) is 5.60 Å². The molecule has 0 aliphatic heterocycles. The number of alkyl carbamates (subject to hydrolysis) is 1. The van der Waals surface area contributed by atoms with Gasteiger partial charge in [-0.3, -0.25) is 0 Å². The molecular weight excluding hydrogens is 290 g/mol. The van der Waals surface area contributed by atoms with Gasteiger partial charge in [0.15, 0.2) is 0 Å². The average Bonchev–Trinajstić information content (AvgIpc) is 2.44. The van der Waals surface area contributed by atoms with E-state index in [9.17, 15) is 9.90 Å². The van der Waals surface area contributed by atoms with E-state index in [1.807, 2.05) is 20.8 Å². The number of rotatable bonds is 11. The van der Waals surface area contributed by atoms with E-state index in [1.54, 1.807) is 0 Å². The second-order valence-electron chi connectivity index (χ2n) is 8.05. The van der Waals surface area contributed by atoms with E-state index in [2.05, 4.69) is 26.1 Å². The molecule has 2 N–H and O–H groups in total. The monoisotopic (exact) mass is 329 g/mol. The molecule has 0 aromatic rings. The predicted octanol–water partition coefficient (Wildman–Crippen LogP) is 4.90. The van der Waals surface area contributed by atoms with Crippen LogP contribution in [0.1, 0.15) is 86.5 Å². The minimum absolute atomic E-state index is 0.0927. The van der Waals surface area contributed by atoms with Gasteiger partial charge in [0.25, 0.3) is 0 Å². The minimum Gasteiger partial charge on any atom is -0.444 e. The summed E-state index contributed by atoms with van der Waals surface area (Å²) < 4.78 is 5.30. The van der Waals surface area contributed by atoms with Crippen molar-refractivity contribution in [1.82, 2.24) is 5.32 Å². The van der Waals surface area contributed by atoms with E-state index in [-0.39, 0.29) is 12.0 Å². The molecule has 23 heavy (non-hydrogen) atoms. The van der Waals surface area contributed by atoms with E-state index in [1.165, 1.54) is 32.1 Å². The Bertz CT molecular complexity index is 323. The Kier molecular flexibility index (Phi) is 10.5. The van der Waals surface area contributed by atoms with Crippen LogP contribution < -0.4 is 5.32 Å². The van der Waals surface area contributed by atoms with Crippen molar-refractivity contribution >= 4 is 6.09 Å². The number of hydrogen-bond acceptors (Lipinski definition) is 3. The van der Waals surface area contributed by atoms with Crippen LogP contribution in [-0.4, -0.2) is 30.0 Å². The van der Waals surface area contributed by atoms with Gasteiger partial charge in [-0.1, -0.05) is 59.3 Å². The molecule has 0 saturated heterocycles. The van der Waals surface area contributed by atoms with E-state index in [0.29, 0.717) is 12.5 Å². The number of carbonyl (C=O) groups excluding carboxylic acids is 1. The Balaban J connectivity index is 4.40. The summed E-state index contributed by atoms with van der Waals surface area (Å²) in [4.78, 5) is 11.9. The molecule has 0 heterocycles. The summed E-state index contributed by atoms with van der Waals surface area (Å²) >= 11 is 0. The molecule has 138 valence electrons. The number of hydrogen-bond donors (Lipinski definition) is 2. The largest absolute Gasteiger partial charge is 0.444 e. The number of amides is 1. The molecule has 0 radical (unpaired) electrons. The van der Waals surface area contributed by atoms with Gasteiger partial charge in [-0.05, 0) is 33.1 Å². The van der Waals surface area contributed by atoms with Crippen LogP contribution in [-0.2, 0) is 4.74 Å². The van der Waals surface area contributed by atoms with Crippen LogP contribution in [0.3, 0.4) is 0 Å². The Morgan fingerprint density at radius 2 is 1.65 bits per heavy atom. The van der Waals surface area contributed by atoms with Crippen LogP contribution in [0.2, 0.25) is 0 Å². The van der Waals surface area contributed by atoms with Gasteiger partial charge in [-0.15, -0.1) is 0 Å². The van der Waals surface area contributed by atoms with Crippen molar-refractivity contribution < 1.29 is 14.6 Å². The molecule has 4 nitrogen and oxygen atoms in total. The van der Waals surface area contributed by atoms with E-state index in [4.69, 9.17) is 4.74 Å². The predicted molar refractivity (Wildman–Crippen MR) is 96.6 cm³/mol. The lowest BCUT2D eigenvalue weighted by Gasteiger charge is -2.36. The fourth-order valence-corrected chi connectivity index (χ4v) is 2.72. The topological polar surface area (TPSA) is 58.6 Å². The zero-order chi connectivity index (χ0) is 17.9. The first kappa shape index (κ1) is 22.2. The van der Waals surface area contributed by atoms with Crippen molar-refractivity contribution in [3.05, 3.63) is 0 Å². The van der Waals surface area contributed by atoms with E-state index < -0.39 is 11.7 Å². The standard InChI is InChI=1S/C19H39NO3/c1-7-8-9-10-11-12-13-19(15-21,16(2)3)14-20-17(22)23-18(4,5)6/h16,21H,7-15H2,1-6H3,(H,20,22). The molecular formula is C19H39NO3. The van der Waals surface area contributed by atoms with Gasteiger partial charge in [-0.25, -0.2) is 4.79 Å². The number of nitrogens with one attached hydrogen (secondary N) is 1. The Morgan fingerprint density at radius 3 is 2.13 bits per heavy atom. The molecule has 1 unspecified atom stereocenters. The lowest BCUT2D eigenvalue weighted by molar-refractivity contribution is 0.0359. The second-order valence-corrected chi connectivity index (χ2v) is 8.05. The van der Waals surface area contributed by atoms with Crippen molar-refractivity contribution in [1.29, 1.82) is 0 Å². The Labute approximate surface area is 143 Å². The van der Waals surface area contributed by atoms with Crippen molar-refractivity contribution in [2.45, 2.75) is 92.1 Å². The van der Waals surface area contributed by atoms with Crippen LogP contribution in [0.25, 0.3) is 0 Å². The van der Waals surface area contributed by atoms with Crippen molar-refractivity contribution in [2.24, 2.45) is 11.3 Å². The van der Waals surface area contributed by atoms with Crippen molar-refractivity contribution in [3.8, 4) is 0 Å². The quantitative estimate of drug-likeness (QED) is 0.530. The molecule has 0 aromatic carbocycles. The third-order valence-corrected chi connectivity index (χ3v) is 4.55. The van der Waals surface area contributed by atoms with Gasteiger partial charge in [0, 0.05) is 12.0 Å². The normalized spacial score (nSPS) is 14.6. The van der Waals surface area contributed by atoms with Gasteiger partial charge in [0.05, 0.1) is 6.61 Å². The fraction of sp³-hybridized carbons (Fsp3) is 0.947. The minimum atomic E-state index is -0.497. The highest BCUT2D eigenvalue weighted by Gasteiger charge is 2.33. The Morgan fingerprint density at radius 1 is 1.09 bits per heavy atom. The molecule has 0 aliphatic carbocycles. The molecule has 0 spiro atoms. The summed E-state index contributed by atoms with van der Waals surface area (Å²) in [5, 5.41) is 12.8. The van der Waals surface area contributed by atoms with Crippen LogP contribution in [0.5, 0.6) is 0 Å². The summed E-state index contributed by atoms with van der Waals surface area (Å²) in [6.07, 6.45) is 7.93. The molecule has 1 atom stereocenters. The molecule has 0 bridgehead atoms. The summed E-state index contributed by atoms with van der Waals surface area (Å²) in [5.74, 6) is 0.304. The first-order valence-electron chi connectivity index (χ1n) is 9.24. The number of unbranched alkanes of at least 4 members (excludes halogenated alkanes) is 5. The molecule has 0 aromatic heterocycles. The summed E-state index contributed by atoms with van der Waals surface area (Å²) in [6, 6.07) is 0. The highest BCUT2D eigenvalue weighted by Crippen LogP contribution is 2.33. The third-order valence-electron chi connectivity index (χ3n) is 4.55. The van der Waals surface area contributed by atoms with Gasteiger partial charge >= 0.3 is 6.09 Å². The summed E-state index contributed by atoms with van der Waals surface area (Å²) in [6.45, 7) is 12.6. The highest BCUT2D eigenvalue weighted by atomic mass is 16.6. The fourth-order valence-electron chi connectivity index (χ4n) is 2.72. The average molecular weight is 330 g/mol. The number of ether oxygens (including phenoxy) is 1. The van der Waals surface area contributed by atoms with Crippen LogP contribution in [0.15, 0.2) is 0 Å². The summed E-state index contributed by atoms with van der Waals surface area (Å²) in [5.41, 5.74) is -0.759. The van der Waals surface area contributed by atoms with Gasteiger partial charge in [-0.2, -0.15) is 0 Å². The molecule has 0 fully saturated rings. The van der Waals surface area contributed by atoms with Crippen LogP contribution in [0.4, 0.5) is 4.79 Å². The van der Waals surface area contributed by atoms with E-state index >= 15 is 0 Å². The maximum Gasteiger partial charge on any atom is 0.407 e. The third kappa shape index (κ3) is 9.85.